The van der Waals surface area contributed by atoms with E-state index in [-0.39, 0.29) is 18.1 Å². The second kappa shape index (κ2) is 7.59. The van der Waals surface area contributed by atoms with Crippen LogP contribution in [0.25, 0.3) is 0 Å². The zero-order chi connectivity index (χ0) is 15.3. The molecule has 1 N–H and O–H groups in total. The first-order valence-corrected chi connectivity index (χ1v) is 8.53. The standard InChI is InChI=1S/C17H31NO3/c1-13(2)18-17(16(19)20-3)10-5-8-15(12-17)21-11-9-14-6-4-7-14/h13-15,18H,4-12H2,1-3H3. The Kier molecular flexibility index (Phi) is 6.06. The number of carbonyl (C=O) groups is 1. The summed E-state index contributed by atoms with van der Waals surface area (Å²) in [6.45, 7) is 4.99. The molecule has 0 bridgehead atoms. The topological polar surface area (TPSA) is 47.6 Å². The van der Waals surface area contributed by atoms with Crippen LogP contribution in [0, 0.1) is 5.92 Å². The maximum Gasteiger partial charge on any atom is 0.326 e. The van der Waals surface area contributed by atoms with Crippen LogP contribution in [0.3, 0.4) is 0 Å². The van der Waals surface area contributed by atoms with Gasteiger partial charge in [-0.05, 0) is 45.4 Å². The van der Waals surface area contributed by atoms with Crippen LogP contribution in [0.4, 0.5) is 0 Å². The monoisotopic (exact) mass is 297 g/mol. The molecule has 4 nitrogen and oxygen atoms in total. The summed E-state index contributed by atoms with van der Waals surface area (Å²) in [5.74, 6) is 0.747. The van der Waals surface area contributed by atoms with E-state index in [0.29, 0.717) is 0 Å². The number of rotatable bonds is 7. The first kappa shape index (κ1) is 16.8. The van der Waals surface area contributed by atoms with Gasteiger partial charge in [0.15, 0.2) is 0 Å². The molecule has 2 atom stereocenters. The average molecular weight is 297 g/mol. The Morgan fingerprint density at radius 1 is 1.29 bits per heavy atom. The lowest BCUT2D eigenvalue weighted by Gasteiger charge is -2.40. The Balaban J connectivity index is 1.86. The van der Waals surface area contributed by atoms with Gasteiger partial charge >= 0.3 is 5.97 Å². The second-order valence-corrected chi connectivity index (χ2v) is 7.05. The number of methoxy groups -OCH3 is 1. The zero-order valence-electron chi connectivity index (χ0n) is 13.8. The van der Waals surface area contributed by atoms with Gasteiger partial charge in [-0.3, -0.25) is 10.1 Å². The summed E-state index contributed by atoms with van der Waals surface area (Å²) in [6, 6.07) is 0.262. The molecule has 122 valence electrons. The summed E-state index contributed by atoms with van der Waals surface area (Å²) >= 11 is 0. The highest BCUT2D eigenvalue weighted by Crippen LogP contribution is 2.33. The molecule has 0 aromatic carbocycles. The van der Waals surface area contributed by atoms with Crippen molar-refractivity contribution in [3.63, 3.8) is 0 Å². The van der Waals surface area contributed by atoms with Gasteiger partial charge in [-0.15, -0.1) is 0 Å². The second-order valence-electron chi connectivity index (χ2n) is 7.05. The normalized spacial score (nSPS) is 30.2. The molecule has 0 aromatic heterocycles. The molecule has 0 aliphatic heterocycles. The SMILES string of the molecule is COC(=O)C1(NC(C)C)CCCC(OCCC2CCC2)C1. The predicted molar refractivity (Wildman–Crippen MR) is 83.2 cm³/mol. The molecular weight excluding hydrogens is 266 g/mol. The van der Waals surface area contributed by atoms with Crippen molar-refractivity contribution in [2.45, 2.75) is 82.9 Å². The van der Waals surface area contributed by atoms with Crippen molar-refractivity contribution in [1.29, 1.82) is 0 Å². The van der Waals surface area contributed by atoms with Crippen LogP contribution in [-0.2, 0) is 14.3 Å². The van der Waals surface area contributed by atoms with Crippen LogP contribution in [-0.4, -0.2) is 37.4 Å². The van der Waals surface area contributed by atoms with Crippen molar-refractivity contribution in [3.05, 3.63) is 0 Å². The molecule has 2 unspecified atom stereocenters. The van der Waals surface area contributed by atoms with Crippen LogP contribution in [0.1, 0.15) is 65.2 Å². The summed E-state index contributed by atoms with van der Waals surface area (Å²) < 4.78 is 11.1. The Labute approximate surface area is 129 Å². The Morgan fingerprint density at radius 3 is 2.62 bits per heavy atom. The molecule has 0 amide bonds. The first-order chi connectivity index (χ1) is 10.1. The van der Waals surface area contributed by atoms with E-state index < -0.39 is 5.54 Å². The first-order valence-electron chi connectivity index (χ1n) is 8.53. The third kappa shape index (κ3) is 4.43. The van der Waals surface area contributed by atoms with Crippen LogP contribution in [0.5, 0.6) is 0 Å². The zero-order valence-corrected chi connectivity index (χ0v) is 13.8. The third-order valence-corrected chi connectivity index (χ3v) is 4.95. The molecule has 0 aromatic rings. The van der Waals surface area contributed by atoms with E-state index >= 15 is 0 Å². The lowest BCUT2D eigenvalue weighted by Crippen LogP contribution is -2.58. The molecule has 0 heterocycles. The van der Waals surface area contributed by atoms with Crippen LogP contribution in [0.2, 0.25) is 0 Å². The fraction of sp³-hybridized carbons (Fsp3) is 0.941. The van der Waals surface area contributed by atoms with Gasteiger partial charge in [0.1, 0.15) is 5.54 Å². The minimum absolute atomic E-state index is 0.136. The number of ether oxygens (including phenoxy) is 2. The molecule has 0 saturated heterocycles. The minimum atomic E-state index is -0.553. The smallest absolute Gasteiger partial charge is 0.326 e. The molecule has 2 aliphatic carbocycles. The molecule has 0 radical (unpaired) electrons. The summed E-state index contributed by atoms with van der Waals surface area (Å²) in [5.41, 5.74) is -0.553. The Morgan fingerprint density at radius 2 is 2.05 bits per heavy atom. The Bertz CT molecular complexity index is 341. The number of esters is 1. The quantitative estimate of drug-likeness (QED) is 0.734. The van der Waals surface area contributed by atoms with Crippen molar-refractivity contribution in [2.75, 3.05) is 13.7 Å². The number of nitrogens with one attached hydrogen (secondary N) is 1. The third-order valence-electron chi connectivity index (χ3n) is 4.95. The fourth-order valence-electron chi connectivity index (χ4n) is 3.67. The average Bonchev–Trinajstić information content (AvgIpc) is 2.40. The van der Waals surface area contributed by atoms with Gasteiger partial charge in [-0.1, -0.05) is 19.3 Å². The van der Waals surface area contributed by atoms with Crippen molar-refractivity contribution >= 4 is 5.97 Å². The largest absolute Gasteiger partial charge is 0.468 e. The van der Waals surface area contributed by atoms with Crippen molar-refractivity contribution in [1.82, 2.24) is 5.32 Å². The predicted octanol–water partition coefficient (Wildman–Crippen LogP) is 3.05. The molecule has 0 spiro atoms. The Hall–Kier alpha value is -0.610. The van der Waals surface area contributed by atoms with E-state index in [1.165, 1.54) is 32.8 Å². The summed E-state index contributed by atoms with van der Waals surface area (Å²) in [5, 5.41) is 3.44. The van der Waals surface area contributed by atoms with Gasteiger partial charge in [-0.2, -0.15) is 0 Å². The minimum Gasteiger partial charge on any atom is -0.468 e. The van der Waals surface area contributed by atoms with Crippen LogP contribution < -0.4 is 5.32 Å². The number of hydrogen-bond acceptors (Lipinski definition) is 4. The van der Waals surface area contributed by atoms with Gasteiger partial charge in [0.2, 0.25) is 0 Å². The lowest BCUT2D eigenvalue weighted by molar-refractivity contribution is -0.153. The van der Waals surface area contributed by atoms with Crippen molar-refractivity contribution in [2.24, 2.45) is 5.92 Å². The van der Waals surface area contributed by atoms with Gasteiger partial charge in [0.25, 0.3) is 0 Å². The van der Waals surface area contributed by atoms with Crippen LogP contribution in [0.15, 0.2) is 0 Å². The van der Waals surface area contributed by atoms with E-state index in [2.05, 4.69) is 19.2 Å². The molecular formula is C17H31NO3. The summed E-state index contributed by atoms with van der Waals surface area (Å²) in [4.78, 5) is 12.3. The van der Waals surface area contributed by atoms with Gasteiger partial charge in [0.05, 0.1) is 13.2 Å². The molecule has 2 saturated carbocycles. The van der Waals surface area contributed by atoms with Crippen molar-refractivity contribution in [3.8, 4) is 0 Å². The van der Waals surface area contributed by atoms with E-state index in [1.807, 2.05) is 0 Å². The number of hydrogen-bond donors (Lipinski definition) is 1. The molecule has 2 fully saturated rings. The van der Waals surface area contributed by atoms with Gasteiger partial charge in [-0.25, -0.2) is 0 Å². The van der Waals surface area contributed by atoms with Crippen LogP contribution >= 0.6 is 0 Å². The van der Waals surface area contributed by atoms with E-state index in [4.69, 9.17) is 9.47 Å². The van der Waals surface area contributed by atoms with E-state index in [9.17, 15) is 4.79 Å². The van der Waals surface area contributed by atoms with E-state index in [0.717, 1.165) is 38.2 Å². The molecule has 2 rings (SSSR count). The highest BCUT2D eigenvalue weighted by atomic mass is 16.5. The van der Waals surface area contributed by atoms with Gasteiger partial charge < -0.3 is 9.47 Å². The maximum absolute atomic E-state index is 12.3. The number of carbonyl (C=O) groups excluding carboxylic acids is 1. The summed E-state index contributed by atoms with van der Waals surface area (Å²) in [7, 11) is 1.48. The lowest BCUT2D eigenvalue weighted by atomic mass is 9.79. The van der Waals surface area contributed by atoms with E-state index in [1.54, 1.807) is 0 Å². The molecule has 4 heteroatoms. The molecule has 2 aliphatic rings. The summed E-state index contributed by atoms with van der Waals surface area (Å²) in [6.07, 6.45) is 9.15. The molecule has 21 heavy (non-hydrogen) atoms. The highest BCUT2D eigenvalue weighted by molar-refractivity contribution is 5.81. The maximum atomic E-state index is 12.3. The fourth-order valence-corrected chi connectivity index (χ4v) is 3.67. The van der Waals surface area contributed by atoms with Gasteiger partial charge in [0, 0.05) is 19.1 Å². The highest BCUT2D eigenvalue weighted by Gasteiger charge is 2.44. The van der Waals surface area contributed by atoms with Crippen molar-refractivity contribution < 1.29 is 14.3 Å².